The Morgan fingerprint density at radius 2 is 2.13 bits per heavy atom. The zero-order valence-corrected chi connectivity index (χ0v) is 9.04. The van der Waals surface area contributed by atoms with Crippen molar-refractivity contribution in [2.24, 2.45) is 5.90 Å². The molecule has 0 unspecified atom stereocenters. The van der Waals surface area contributed by atoms with Crippen LogP contribution in [0.15, 0.2) is 22.6 Å². The first-order valence-corrected chi connectivity index (χ1v) is 5.02. The highest BCUT2D eigenvalue weighted by Gasteiger charge is 2.06. The highest BCUT2D eigenvalue weighted by atomic mass is 16.6. The minimum absolute atomic E-state index is 0.532. The van der Waals surface area contributed by atoms with Gasteiger partial charge in [0.15, 0.2) is 0 Å². The highest BCUT2D eigenvalue weighted by molar-refractivity contribution is 5.82. The van der Waals surface area contributed by atoms with Crippen molar-refractivity contribution >= 4 is 11.0 Å². The number of benzene rings is 1. The van der Waals surface area contributed by atoms with Crippen molar-refractivity contribution in [1.29, 1.82) is 0 Å². The molecule has 0 aliphatic carbocycles. The van der Waals surface area contributed by atoms with Gasteiger partial charge in [-0.15, -0.1) is 0 Å². The predicted octanol–water partition coefficient (Wildman–Crippen LogP) is 2.48. The van der Waals surface area contributed by atoms with Crippen molar-refractivity contribution in [3.05, 3.63) is 35.1 Å². The predicted molar refractivity (Wildman–Crippen MR) is 59.5 cm³/mol. The lowest BCUT2D eigenvalue weighted by molar-refractivity contribution is 0.141. The number of fused-ring (bicyclic) bond motifs is 1. The van der Waals surface area contributed by atoms with E-state index < -0.39 is 0 Å². The molecular formula is C12H15NO2. The Balaban J connectivity index is 2.39. The molecule has 0 saturated carbocycles. The van der Waals surface area contributed by atoms with Crippen LogP contribution in [0.25, 0.3) is 11.0 Å². The van der Waals surface area contributed by atoms with Gasteiger partial charge in [-0.05, 0) is 37.5 Å². The van der Waals surface area contributed by atoms with E-state index >= 15 is 0 Å². The molecule has 3 nitrogen and oxygen atoms in total. The maximum atomic E-state index is 5.65. The molecule has 0 bridgehead atoms. The second-order valence-electron chi connectivity index (χ2n) is 3.73. The third kappa shape index (κ3) is 1.89. The van der Waals surface area contributed by atoms with Crippen LogP contribution in [-0.4, -0.2) is 6.61 Å². The summed E-state index contributed by atoms with van der Waals surface area (Å²) >= 11 is 0. The van der Waals surface area contributed by atoms with E-state index in [-0.39, 0.29) is 0 Å². The Kier molecular flexibility index (Phi) is 2.75. The summed E-state index contributed by atoms with van der Waals surface area (Å²) in [6.45, 7) is 4.59. The van der Waals surface area contributed by atoms with Crippen LogP contribution < -0.4 is 5.90 Å². The summed E-state index contributed by atoms with van der Waals surface area (Å²) in [5.74, 6) is 5.98. The molecule has 2 aromatic rings. The second-order valence-corrected chi connectivity index (χ2v) is 3.73. The van der Waals surface area contributed by atoms with Crippen molar-refractivity contribution in [1.82, 2.24) is 0 Å². The largest absolute Gasteiger partial charge is 0.461 e. The quantitative estimate of drug-likeness (QED) is 0.783. The SMILES string of the molecule is Cc1oc2cc(CCON)ccc2c1C. The second kappa shape index (κ2) is 4.04. The first-order valence-electron chi connectivity index (χ1n) is 5.02. The average Bonchev–Trinajstić information content (AvgIpc) is 2.52. The molecule has 3 heteroatoms. The minimum Gasteiger partial charge on any atom is -0.461 e. The maximum absolute atomic E-state index is 5.65. The molecule has 2 rings (SSSR count). The molecule has 15 heavy (non-hydrogen) atoms. The van der Waals surface area contributed by atoms with Gasteiger partial charge in [-0.25, -0.2) is 5.90 Å². The van der Waals surface area contributed by atoms with Gasteiger partial charge in [0, 0.05) is 5.39 Å². The molecule has 1 aromatic heterocycles. The van der Waals surface area contributed by atoms with Crippen LogP contribution in [-0.2, 0) is 11.3 Å². The van der Waals surface area contributed by atoms with Gasteiger partial charge in [0.05, 0.1) is 6.61 Å². The van der Waals surface area contributed by atoms with E-state index in [1.54, 1.807) is 0 Å². The van der Waals surface area contributed by atoms with E-state index in [2.05, 4.69) is 23.9 Å². The Labute approximate surface area is 88.8 Å². The molecule has 1 aromatic carbocycles. The van der Waals surface area contributed by atoms with Gasteiger partial charge in [-0.1, -0.05) is 12.1 Å². The Morgan fingerprint density at radius 3 is 2.87 bits per heavy atom. The molecule has 0 atom stereocenters. The number of hydrogen-bond acceptors (Lipinski definition) is 3. The normalized spacial score (nSPS) is 11.1. The monoisotopic (exact) mass is 205 g/mol. The summed E-state index contributed by atoms with van der Waals surface area (Å²) in [7, 11) is 0. The first-order chi connectivity index (χ1) is 7.22. The number of rotatable bonds is 3. The molecule has 0 fully saturated rings. The van der Waals surface area contributed by atoms with Crippen molar-refractivity contribution in [3.63, 3.8) is 0 Å². The van der Waals surface area contributed by atoms with Crippen LogP contribution >= 0.6 is 0 Å². The molecule has 0 saturated heterocycles. The standard InChI is InChI=1S/C12H15NO2/c1-8-9(2)15-12-7-10(5-6-14-13)3-4-11(8)12/h3-4,7H,5-6,13H2,1-2H3. The van der Waals surface area contributed by atoms with Crippen LogP contribution in [0.1, 0.15) is 16.9 Å². The summed E-state index contributed by atoms with van der Waals surface area (Å²) in [4.78, 5) is 4.56. The van der Waals surface area contributed by atoms with E-state index in [1.807, 2.05) is 13.0 Å². The minimum atomic E-state index is 0.532. The van der Waals surface area contributed by atoms with E-state index in [0.29, 0.717) is 6.61 Å². The lowest BCUT2D eigenvalue weighted by Gasteiger charge is -1.99. The third-order valence-electron chi connectivity index (χ3n) is 2.75. The van der Waals surface area contributed by atoms with E-state index in [0.717, 1.165) is 17.8 Å². The van der Waals surface area contributed by atoms with Crippen LogP contribution in [0.4, 0.5) is 0 Å². The lowest BCUT2D eigenvalue weighted by Crippen LogP contribution is -2.03. The first kappa shape index (κ1) is 10.2. The summed E-state index contributed by atoms with van der Waals surface area (Å²) in [5, 5.41) is 1.19. The smallest absolute Gasteiger partial charge is 0.134 e. The molecule has 0 radical (unpaired) electrons. The van der Waals surface area contributed by atoms with Crippen LogP contribution in [0.3, 0.4) is 0 Å². The number of furan rings is 1. The molecule has 0 amide bonds. The molecule has 0 aliphatic heterocycles. The van der Waals surface area contributed by atoms with Crippen LogP contribution in [0.2, 0.25) is 0 Å². The maximum Gasteiger partial charge on any atom is 0.134 e. The molecule has 80 valence electrons. The molecule has 1 heterocycles. The molecule has 2 N–H and O–H groups in total. The fourth-order valence-corrected chi connectivity index (χ4v) is 1.72. The molecule has 0 aliphatic rings. The number of aryl methyl sites for hydroxylation is 2. The molecule has 0 spiro atoms. The zero-order valence-electron chi connectivity index (χ0n) is 9.04. The van der Waals surface area contributed by atoms with Crippen LogP contribution in [0.5, 0.6) is 0 Å². The lowest BCUT2D eigenvalue weighted by atomic mass is 10.1. The van der Waals surface area contributed by atoms with Crippen molar-refractivity contribution < 1.29 is 9.25 Å². The van der Waals surface area contributed by atoms with Gasteiger partial charge in [0.25, 0.3) is 0 Å². The van der Waals surface area contributed by atoms with Gasteiger partial charge in [0.1, 0.15) is 11.3 Å². The van der Waals surface area contributed by atoms with Gasteiger partial charge < -0.3 is 9.25 Å². The number of hydrogen-bond donors (Lipinski definition) is 1. The molecular weight excluding hydrogens is 190 g/mol. The summed E-state index contributed by atoms with van der Waals surface area (Å²) < 4.78 is 5.65. The summed E-state index contributed by atoms with van der Waals surface area (Å²) in [6, 6.07) is 6.23. The van der Waals surface area contributed by atoms with Gasteiger partial charge in [-0.3, -0.25) is 0 Å². The van der Waals surface area contributed by atoms with E-state index in [1.165, 1.54) is 16.5 Å². The fraction of sp³-hybridized carbons (Fsp3) is 0.333. The summed E-state index contributed by atoms with van der Waals surface area (Å²) in [6.07, 6.45) is 0.811. The Bertz CT molecular complexity index is 474. The third-order valence-corrected chi connectivity index (χ3v) is 2.75. The highest BCUT2D eigenvalue weighted by Crippen LogP contribution is 2.25. The Morgan fingerprint density at radius 1 is 1.33 bits per heavy atom. The van der Waals surface area contributed by atoms with Gasteiger partial charge >= 0.3 is 0 Å². The Hall–Kier alpha value is -1.32. The van der Waals surface area contributed by atoms with E-state index in [4.69, 9.17) is 10.3 Å². The van der Waals surface area contributed by atoms with Crippen molar-refractivity contribution in [2.45, 2.75) is 20.3 Å². The van der Waals surface area contributed by atoms with Gasteiger partial charge in [-0.2, -0.15) is 0 Å². The summed E-state index contributed by atoms with van der Waals surface area (Å²) in [5.41, 5.74) is 3.34. The average molecular weight is 205 g/mol. The van der Waals surface area contributed by atoms with Gasteiger partial charge in [0.2, 0.25) is 0 Å². The zero-order chi connectivity index (χ0) is 10.8. The number of nitrogens with two attached hydrogens (primary N) is 1. The van der Waals surface area contributed by atoms with Crippen LogP contribution in [0, 0.1) is 13.8 Å². The fourth-order valence-electron chi connectivity index (χ4n) is 1.72. The van der Waals surface area contributed by atoms with Crippen molar-refractivity contribution in [2.75, 3.05) is 6.61 Å². The topological polar surface area (TPSA) is 48.4 Å². The van der Waals surface area contributed by atoms with E-state index in [9.17, 15) is 0 Å². The van der Waals surface area contributed by atoms with Crippen molar-refractivity contribution in [3.8, 4) is 0 Å².